The predicted octanol–water partition coefficient (Wildman–Crippen LogP) is 7.82. The maximum atomic E-state index is 10.4. The van der Waals surface area contributed by atoms with Gasteiger partial charge < -0.3 is 5.11 Å². The molecule has 0 amide bonds. The lowest BCUT2D eigenvalue weighted by atomic mass is 9.88. The molecule has 0 aromatic carbocycles. The Hall–Kier alpha value is -0.300. The number of aliphatic hydroxyl groups is 1. The van der Waals surface area contributed by atoms with Crippen molar-refractivity contribution in [3.05, 3.63) is 12.2 Å². The van der Waals surface area contributed by atoms with E-state index in [1.807, 2.05) is 0 Å². The van der Waals surface area contributed by atoms with Crippen molar-refractivity contribution in [1.82, 2.24) is 0 Å². The minimum Gasteiger partial charge on any atom is -0.393 e. The standard InChI is InChI=1S/C23H46O/c1-4-7-10-11-12-13-14-15-16-17-18-20-22(19-8-5-2)23(24)21-9-6-3/h11-12,22-24H,4-10,13-21H2,1-3H3. The summed E-state index contributed by atoms with van der Waals surface area (Å²) in [6.07, 6.45) is 25.0. The second-order valence-electron chi connectivity index (χ2n) is 7.57. The Morgan fingerprint density at radius 1 is 0.583 bits per heavy atom. The van der Waals surface area contributed by atoms with Crippen LogP contribution in [0.15, 0.2) is 12.2 Å². The zero-order valence-corrected chi connectivity index (χ0v) is 17.1. The summed E-state index contributed by atoms with van der Waals surface area (Å²) in [4.78, 5) is 0. The van der Waals surface area contributed by atoms with E-state index in [4.69, 9.17) is 0 Å². The van der Waals surface area contributed by atoms with Crippen LogP contribution in [0.5, 0.6) is 0 Å². The van der Waals surface area contributed by atoms with Gasteiger partial charge in [-0.25, -0.2) is 0 Å². The molecule has 0 aromatic heterocycles. The fourth-order valence-electron chi connectivity index (χ4n) is 3.40. The van der Waals surface area contributed by atoms with Crippen molar-refractivity contribution in [3.63, 3.8) is 0 Å². The number of allylic oxidation sites excluding steroid dienone is 2. The molecule has 0 aromatic rings. The van der Waals surface area contributed by atoms with Gasteiger partial charge in [0.15, 0.2) is 0 Å². The van der Waals surface area contributed by atoms with Gasteiger partial charge in [-0.1, -0.05) is 97.1 Å². The third-order valence-corrected chi connectivity index (χ3v) is 5.16. The van der Waals surface area contributed by atoms with E-state index in [1.165, 1.54) is 96.3 Å². The molecule has 0 aliphatic rings. The van der Waals surface area contributed by atoms with Crippen LogP contribution in [0.4, 0.5) is 0 Å². The highest BCUT2D eigenvalue weighted by Crippen LogP contribution is 2.24. The first-order valence-corrected chi connectivity index (χ1v) is 11.1. The molecule has 0 fully saturated rings. The van der Waals surface area contributed by atoms with Crippen molar-refractivity contribution in [3.8, 4) is 0 Å². The van der Waals surface area contributed by atoms with Gasteiger partial charge in [-0.3, -0.25) is 0 Å². The summed E-state index contributed by atoms with van der Waals surface area (Å²) in [5, 5.41) is 10.4. The molecule has 1 heteroatoms. The van der Waals surface area contributed by atoms with E-state index < -0.39 is 0 Å². The van der Waals surface area contributed by atoms with E-state index in [-0.39, 0.29) is 6.10 Å². The van der Waals surface area contributed by atoms with Crippen LogP contribution in [0.25, 0.3) is 0 Å². The Labute approximate surface area is 153 Å². The summed E-state index contributed by atoms with van der Waals surface area (Å²) < 4.78 is 0. The van der Waals surface area contributed by atoms with E-state index in [9.17, 15) is 5.11 Å². The lowest BCUT2D eigenvalue weighted by Gasteiger charge is -2.23. The molecule has 24 heavy (non-hydrogen) atoms. The van der Waals surface area contributed by atoms with Crippen molar-refractivity contribution >= 4 is 0 Å². The Morgan fingerprint density at radius 2 is 1.08 bits per heavy atom. The van der Waals surface area contributed by atoms with E-state index in [0.29, 0.717) is 5.92 Å². The van der Waals surface area contributed by atoms with E-state index in [2.05, 4.69) is 32.9 Å². The van der Waals surface area contributed by atoms with Gasteiger partial charge in [0, 0.05) is 0 Å². The fraction of sp³-hybridized carbons (Fsp3) is 0.913. The van der Waals surface area contributed by atoms with Crippen LogP contribution in [0, 0.1) is 5.92 Å². The zero-order valence-electron chi connectivity index (χ0n) is 17.1. The van der Waals surface area contributed by atoms with Crippen LogP contribution in [-0.4, -0.2) is 11.2 Å². The Kier molecular flexibility index (Phi) is 18.8. The van der Waals surface area contributed by atoms with Crippen LogP contribution >= 0.6 is 0 Å². The van der Waals surface area contributed by atoms with Crippen molar-refractivity contribution in [2.24, 2.45) is 5.92 Å². The predicted molar refractivity (Wildman–Crippen MR) is 110 cm³/mol. The lowest BCUT2D eigenvalue weighted by Crippen LogP contribution is -2.20. The van der Waals surface area contributed by atoms with Crippen LogP contribution in [0.3, 0.4) is 0 Å². The molecule has 0 bridgehead atoms. The normalized spacial score (nSPS) is 14.3. The molecule has 0 rings (SSSR count). The maximum Gasteiger partial charge on any atom is 0.0568 e. The minimum atomic E-state index is -0.0512. The summed E-state index contributed by atoms with van der Waals surface area (Å²) >= 11 is 0. The molecular formula is C23H46O. The molecular weight excluding hydrogens is 292 g/mol. The van der Waals surface area contributed by atoms with Crippen LogP contribution < -0.4 is 0 Å². The van der Waals surface area contributed by atoms with Gasteiger partial charge in [0.05, 0.1) is 6.10 Å². The number of unbranched alkanes of at least 4 members (excludes halogenated alkanes) is 9. The Bertz CT molecular complexity index is 259. The third-order valence-electron chi connectivity index (χ3n) is 5.16. The van der Waals surface area contributed by atoms with Crippen LogP contribution in [0.1, 0.15) is 124 Å². The maximum absolute atomic E-state index is 10.4. The van der Waals surface area contributed by atoms with Crippen molar-refractivity contribution in [1.29, 1.82) is 0 Å². The molecule has 0 saturated carbocycles. The molecule has 2 atom stereocenters. The van der Waals surface area contributed by atoms with Crippen LogP contribution in [0.2, 0.25) is 0 Å². The number of hydrogen-bond donors (Lipinski definition) is 1. The summed E-state index contributed by atoms with van der Waals surface area (Å²) in [5.41, 5.74) is 0. The molecule has 0 radical (unpaired) electrons. The highest BCUT2D eigenvalue weighted by atomic mass is 16.3. The van der Waals surface area contributed by atoms with E-state index in [1.54, 1.807) is 0 Å². The average Bonchev–Trinajstić information content (AvgIpc) is 2.60. The van der Waals surface area contributed by atoms with Gasteiger partial charge in [-0.05, 0) is 44.4 Å². The van der Waals surface area contributed by atoms with Gasteiger partial charge in [0.1, 0.15) is 0 Å². The minimum absolute atomic E-state index is 0.0512. The topological polar surface area (TPSA) is 20.2 Å². The molecule has 0 aliphatic heterocycles. The average molecular weight is 339 g/mol. The second kappa shape index (κ2) is 19.0. The van der Waals surface area contributed by atoms with Crippen LogP contribution in [-0.2, 0) is 0 Å². The number of hydrogen-bond acceptors (Lipinski definition) is 1. The van der Waals surface area contributed by atoms with Crippen molar-refractivity contribution < 1.29 is 5.11 Å². The molecule has 2 unspecified atom stereocenters. The quantitative estimate of drug-likeness (QED) is 0.199. The fourth-order valence-corrected chi connectivity index (χ4v) is 3.40. The summed E-state index contributed by atoms with van der Waals surface area (Å²) in [6.45, 7) is 6.72. The van der Waals surface area contributed by atoms with Gasteiger partial charge in [-0.2, -0.15) is 0 Å². The summed E-state index contributed by atoms with van der Waals surface area (Å²) in [6, 6.07) is 0. The molecule has 0 saturated heterocycles. The molecule has 0 heterocycles. The Balaban J connectivity index is 3.66. The monoisotopic (exact) mass is 338 g/mol. The summed E-state index contributed by atoms with van der Waals surface area (Å²) in [7, 11) is 0. The first kappa shape index (κ1) is 23.7. The number of aliphatic hydroxyl groups excluding tert-OH is 1. The molecule has 0 spiro atoms. The first-order chi connectivity index (χ1) is 11.8. The smallest absolute Gasteiger partial charge is 0.0568 e. The third kappa shape index (κ3) is 15.2. The molecule has 144 valence electrons. The highest BCUT2D eigenvalue weighted by Gasteiger charge is 2.17. The van der Waals surface area contributed by atoms with E-state index in [0.717, 1.165) is 6.42 Å². The van der Waals surface area contributed by atoms with Gasteiger partial charge >= 0.3 is 0 Å². The van der Waals surface area contributed by atoms with Gasteiger partial charge in [0.25, 0.3) is 0 Å². The SMILES string of the molecule is CCCCC=CCCCCCCCC(CCCC)C(O)CCCC. The van der Waals surface area contributed by atoms with Gasteiger partial charge in [-0.15, -0.1) is 0 Å². The molecule has 1 nitrogen and oxygen atoms in total. The van der Waals surface area contributed by atoms with Crippen molar-refractivity contribution in [2.75, 3.05) is 0 Å². The summed E-state index contributed by atoms with van der Waals surface area (Å²) in [5.74, 6) is 0.554. The first-order valence-electron chi connectivity index (χ1n) is 11.1. The van der Waals surface area contributed by atoms with E-state index >= 15 is 0 Å². The second-order valence-corrected chi connectivity index (χ2v) is 7.57. The molecule has 1 N–H and O–H groups in total. The highest BCUT2D eigenvalue weighted by molar-refractivity contribution is 4.81. The largest absolute Gasteiger partial charge is 0.393 e. The molecule has 0 aliphatic carbocycles. The lowest BCUT2D eigenvalue weighted by molar-refractivity contribution is 0.0838. The van der Waals surface area contributed by atoms with Gasteiger partial charge in [0.2, 0.25) is 0 Å². The Morgan fingerprint density at radius 3 is 1.75 bits per heavy atom. The zero-order chi connectivity index (χ0) is 17.9. The number of rotatable bonds is 18. The van der Waals surface area contributed by atoms with Crippen molar-refractivity contribution in [2.45, 2.75) is 130 Å².